The number of hydrogen-bond donors (Lipinski definition) is 0. The van der Waals surface area contributed by atoms with Crippen LogP contribution in [0.15, 0.2) is 60.7 Å². The van der Waals surface area contributed by atoms with Gasteiger partial charge in [0.15, 0.2) is 0 Å². The summed E-state index contributed by atoms with van der Waals surface area (Å²) in [5, 5.41) is 12.0. The van der Waals surface area contributed by atoms with Crippen LogP contribution in [0.25, 0.3) is 0 Å². The van der Waals surface area contributed by atoms with E-state index in [1.165, 1.54) is 18.2 Å². The van der Waals surface area contributed by atoms with Gasteiger partial charge in [-0.15, -0.1) is 0 Å². The Balaban J connectivity index is 1.76. The highest BCUT2D eigenvalue weighted by Crippen LogP contribution is 2.36. The topological polar surface area (TPSA) is 89.8 Å². The molecule has 1 aliphatic heterocycles. The first-order valence-electron chi connectivity index (χ1n) is 8.56. The molecule has 2 amide bonds. The molecular formula is C21H13ClN2O5. The van der Waals surface area contributed by atoms with Crippen LogP contribution in [0.5, 0.6) is 11.5 Å². The second-order valence-corrected chi connectivity index (χ2v) is 6.85. The van der Waals surface area contributed by atoms with E-state index in [-0.39, 0.29) is 28.3 Å². The molecule has 3 aromatic rings. The number of halogens is 1. The number of nitrogens with zero attached hydrogens (tertiary/aromatic N) is 2. The van der Waals surface area contributed by atoms with Crippen LogP contribution in [-0.4, -0.2) is 16.7 Å². The first-order chi connectivity index (χ1) is 13.8. The minimum absolute atomic E-state index is 0.0612. The maximum atomic E-state index is 12.7. The zero-order valence-electron chi connectivity index (χ0n) is 15.1. The molecule has 1 aliphatic rings. The van der Waals surface area contributed by atoms with Gasteiger partial charge in [-0.2, -0.15) is 0 Å². The molecule has 4 rings (SSSR count). The van der Waals surface area contributed by atoms with Crippen LogP contribution in [0.2, 0.25) is 5.02 Å². The molecule has 1 heterocycles. The van der Waals surface area contributed by atoms with E-state index in [0.29, 0.717) is 10.8 Å². The SMILES string of the molecule is Cc1cc(Oc2cc(N3C(=O)c4ccccc4C3=O)cc([N+](=O)[O-])c2)ccc1Cl. The quantitative estimate of drug-likeness (QED) is 0.338. The summed E-state index contributed by atoms with van der Waals surface area (Å²) in [5.74, 6) is -0.549. The van der Waals surface area contributed by atoms with E-state index in [2.05, 4.69) is 0 Å². The average molecular weight is 409 g/mol. The number of carbonyl (C=O) groups is 2. The van der Waals surface area contributed by atoms with E-state index in [1.54, 1.807) is 49.4 Å². The Morgan fingerprint density at radius 3 is 2.17 bits per heavy atom. The summed E-state index contributed by atoms with van der Waals surface area (Å²) in [6.45, 7) is 1.80. The summed E-state index contributed by atoms with van der Waals surface area (Å²) in [6.07, 6.45) is 0. The third-order valence-electron chi connectivity index (χ3n) is 4.50. The van der Waals surface area contributed by atoms with Crippen molar-refractivity contribution < 1.29 is 19.2 Å². The molecule has 0 bridgehead atoms. The maximum absolute atomic E-state index is 12.7. The van der Waals surface area contributed by atoms with Gasteiger partial charge < -0.3 is 4.74 Å². The molecule has 0 spiro atoms. The monoisotopic (exact) mass is 408 g/mol. The van der Waals surface area contributed by atoms with E-state index in [9.17, 15) is 19.7 Å². The number of nitro benzene ring substituents is 1. The van der Waals surface area contributed by atoms with Gasteiger partial charge in [0.2, 0.25) is 0 Å². The third-order valence-corrected chi connectivity index (χ3v) is 4.93. The highest BCUT2D eigenvalue weighted by molar-refractivity contribution is 6.34. The number of carbonyl (C=O) groups excluding carboxylic acids is 2. The number of ether oxygens (including phenoxy) is 1. The molecule has 7 nitrogen and oxygen atoms in total. The molecule has 0 aromatic heterocycles. The lowest BCUT2D eigenvalue weighted by Gasteiger charge is -2.15. The Morgan fingerprint density at radius 2 is 1.59 bits per heavy atom. The molecule has 8 heteroatoms. The Labute approximate surface area is 170 Å². The number of aryl methyl sites for hydroxylation is 1. The molecule has 29 heavy (non-hydrogen) atoms. The lowest BCUT2D eigenvalue weighted by molar-refractivity contribution is -0.384. The van der Waals surface area contributed by atoms with E-state index in [4.69, 9.17) is 16.3 Å². The second-order valence-electron chi connectivity index (χ2n) is 6.45. The van der Waals surface area contributed by atoms with Crippen LogP contribution in [0.3, 0.4) is 0 Å². The lowest BCUT2D eigenvalue weighted by Crippen LogP contribution is -2.29. The summed E-state index contributed by atoms with van der Waals surface area (Å²) in [4.78, 5) is 37.1. The summed E-state index contributed by atoms with van der Waals surface area (Å²) in [5.41, 5.74) is 1.03. The Morgan fingerprint density at radius 1 is 0.931 bits per heavy atom. The molecule has 3 aromatic carbocycles. The van der Waals surface area contributed by atoms with Gasteiger partial charge in [0.25, 0.3) is 17.5 Å². The van der Waals surface area contributed by atoms with Gasteiger partial charge in [0, 0.05) is 17.2 Å². The van der Waals surface area contributed by atoms with Crippen molar-refractivity contribution >= 4 is 34.8 Å². The smallest absolute Gasteiger partial charge is 0.275 e. The predicted octanol–water partition coefficient (Wildman–Crippen LogP) is 5.15. The lowest BCUT2D eigenvalue weighted by atomic mass is 10.1. The fraction of sp³-hybridized carbons (Fsp3) is 0.0476. The number of nitro groups is 1. The van der Waals surface area contributed by atoms with E-state index in [0.717, 1.165) is 10.5 Å². The zero-order chi connectivity index (χ0) is 20.7. The fourth-order valence-electron chi connectivity index (χ4n) is 3.10. The van der Waals surface area contributed by atoms with Crippen LogP contribution in [0, 0.1) is 17.0 Å². The molecule has 0 saturated carbocycles. The summed E-state index contributed by atoms with van der Waals surface area (Å²) < 4.78 is 5.74. The first-order valence-corrected chi connectivity index (χ1v) is 8.94. The van der Waals surface area contributed by atoms with Crippen molar-refractivity contribution in [1.82, 2.24) is 0 Å². The second kappa shape index (κ2) is 7.03. The third kappa shape index (κ3) is 3.32. The highest BCUT2D eigenvalue weighted by atomic mass is 35.5. The largest absolute Gasteiger partial charge is 0.457 e. The van der Waals surface area contributed by atoms with E-state index >= 15 is 0 Å². The van der Waals surface area contributed by atoms with Crippen LogP contribution in [0.1, 0.15) is 26.3 Å². The van der Waals surface area contributed by atoms with Gasteiger partial charge >= 0.3 is 0 Å². The summed E-state index contributed by atoms with van der Waals surface area (Å²) in [7, 11) is 0. The Kier molecular flexibility index (Phi) is 4.52. The van der Waals surface area contributed by atoms with Gasteiger partial charge in [-0.3, -0.25) is 19.7 Å². The number of amides is 2. The standard InChI is InChI=1S/C21H13ClN2O5/c1-12-8-15(6-7-19(12)22)29-16-10-13(9-14(11-16)24(27)28)23-20(25)17-4-2-3-5-18(17)21(23)26/h2-11H,1H3. The fourth-order valence-corrected chi connectivity index (χ4v) is 3.22. The highest BCUT2D eigenvalue weighted by Gasteiger charge is 2.37. The van der Waals surface area contributed by atoms with Gasteiger partial charge in [0.05, 0.1) is 27.8 Å². The Hall–Kier alpha value is -3.71. The molecule has 0 radical (unpaired) electrons. The molecule has 0 aliphatic carbocycles. The minimum Gasteiger partial charge on any atom is -0.457 e. The van der Waals surface area contributed by atoms with E-state index < -0.39 is 16.7 Å². The van der Waals surface area contributed by atoms with Crippen molar-refractivity contribution in [2.45, 2.75) is 6.92 Å². The maximum Gasteiger partial charge on any atom is 0.275 e. The van der Waals surface area contributed by atoms with Crippen molar-refractivity contribution in [1.29, 1.82) is 0 Å². The number of fused-ring (bicyclic) bond motifs is 1. The minimum atomic E-state index is -0.609. The van der Waals surface area contributed by atoms with E-state index in [1.807, 2.05) is 0 Å². The summed E-state index contributed by atoms with van der Waals surface area (Å²) in [6, 6.07) is 15.2. The number of rotatable bonds is 4. The normalized spacial score (nSPS) is 12.8. The number of imide groups is 1. The molecular weight excluding hydrogens is 396 g/mol. The molecule has 0 saturated heterocycles. The van der Waals surface area contributed by atoms with Crippen LogP contribution in [-0.2, 0) is 0 Å². The first kappa shape index (κ1) is 18.6. The zero-order valence-corrected chi connectivity index (χ0v) is 15.8. The van der Waals surface area contributed by atoms with Crippen LogP contribution < -0.4 is 9.64 Å². The predicted molar refractivity (Wildman–Crippen MR) is 107 cm³/mol. The van der Waals surface area contributed by atoms with Crippen LogP contribution >= 0.6 is 11.6 Å². The number of benzene rings is 3. The number of non-ortho nitro benzene ring substituents is 1. The van der Waals surface area contributed by atoms with Crippen molar-refractivity contribution in [2.24, 2.45) is 0 Å². The van der Waals surface area contributed by atoms with Gasteiger partial charge in [-0.1, -0.05) is 23.7 Å². The van der Waals surface area contributed by atoms with Gasteiger partial charge in [-0.05, 0) is 42.8 Å². The number of anilines is 1. The van der Waals surface area contributed by atoms with Gasteiger partial charge in [0.1, 0.15) is 11.5 Å². The van der Waals surface area contributed by atoms with Crippen LogP contribution in [0.4, 0.5) is 11.4 Å². The van der Waals surface area contributed by atoms with Crippen molar-refractivity contribution in [3.05, 3.63) is 92.5 Å². The van der Waals surface area contributed by atoms with Crippen molar-refractivity contribution in [3.63, 3.8) is 0 Å². The van der Waals surface area contributed by atoms with Crippen molar-refractivity contribution in [2.75, 3.05) is 4.90 Å². The molecule has 0 unspecified atom stereocenters. The molecule has 0 atom stereocenters. The summed E-state index contributed by atoms with van der Waals surface area (Å²) >= 11 is 6.01. The average Bonchev–Trinajstić information content (AvgIpc) is 2.95. The molecule has 144 valence electrons. The molecule has 0 N–H and O–H groups in total. The van der Waals surface area contributed by atoms with Crippen molar-refractivity contribution in [3.8, 4) is 11.5 Å². The van der Waals surface area contributed by atoms with Gasteiger partial charge in [-0.25, -0.2) is 4.90 Å². The molecule has 0 fully saturated rings. The Bertz CT molecular complexity index is 1160. The number of hydrogen-bond acceptors (Lipinski definition) is 5.